The van der Waals surface area contributed by atoms with E-state index >= 15 is 0 Å². The second-order valence-corrected chi connectivity index (χ2v) is 22.3. The first-order chi connectivity index (χ1) is 39.5. The fourth-order valence-corrected chi connectivity index (χ4v) is 9.52. The fraction of sp³-hybridized carbons (Fsp3) is 0.716. The molecule has 0 aliphatic carbocycles. The SMILES string of the molecule is CC/C=C\C/C=C\C/C=C\C/C=C\C/C=C\CCCCCCCC(=O)OC(COC(=O)CCCC/C=C\C/C=C\C/C=C\C/C=C\CC)COC(=O)CCCCCCCCCCCCCCCCCCCCCCCCCCCC. The fourth-order valence-electron chi connectivity index (χ4n) is 9.52. The first-order valence-electron chi connectivity index (χ1n) is 33.9. The normalized spacial score (nSPS) is 12.8. The molecule has 0 saturated heterocycles. The van der Waals surface area contributed by atoms with E-state index in [2.05, 4.69) is 130 Å². The Labute approximate surface area is 495 Å². The lowest BCUT2D eigenvalue weighted by atomic mass is 10.0. The summed E-state index contributed by atoms with van der Waals surface area (Å²) in [4.78, 5) is 38.4. The molecule has 458 valence electrons. The number of esters is 3. The standard InChI is InChI=1S/C74H126O6/c1-4-7-10-13-16-19-22-25-28-30-32-34-35-36-37-38-40-41-43-46-49-52-55-58-61-64-67-73(76)79-70-71(69-78-72(75)66-63-60-57-54-51-48-45-27-24-21-18-15-12-9-6-3)80-74(77)68-65-62-59-56-53-50-47-44-42-39-33-31-29-26-23-20-17-14-11-8-5-2/h8-9,11-12,17-18,20-21,26-27,29,33,39,44-45,47,51,54,71H,4-7,10,13-16,19,22-25,28,30-32,34-38,40-43,46,48-50,52-53,55-70H2,1-3H3/b11-8-,12-9-,20-17-,21-18-,29-26-,39-33-,45-27-,47-44-,54-51-. The molecule has 6 heteroatoms. The van der Waals surface area contributed by atoms with Crippen LogP contribution in [0.1, 0.15) is 323 Å². The summed E-state index contributed by atoms with van der Waals surface area (Å²) in [5.74, 6) is -0.950. The second kappa shape index (κ2) is 67.6. The van der Waals surface area contributed by atoms with E-state index in [0.29, 0.717) is 19.3 Å². The number of rotatable bonds is 61. The molecule has 0 aromatic heterocycles. The molecule has 1 unspecified atom stereocenters. The molecule has 6 nitrogen and oxygen atoms in total. The van der Waals surface area contributed by atoms with Crippen LogP contribution in [0, 0.1) is 0 Å². The molecule has 0 fully saturated rings. The first-order valence-corrected chi connectivity index (χ1v) is 33.9. The van der Waals surface area contributed by atoms with Crippen LogP contribution in [0.25, 0.3) is 0 Å². The number of hydrogen-bond donors (Lipinski definition) is 0. The third kappa shape index (κ3) is 64.9. The van der Waals surface area contributed by atoms with Crippen LogP contribution in [0.3, 0.4) is 0 Å². The maximum Gasteiger partial charge on any atom is 0.306 e. The number of unbranched alkanes of at least 4 members (excludes halogenated alkanes) is 32. The second-order valence-electron chi connectivity index (χ2n) is 22.3. The van der Waals surface area contributed by atoms with Crippen molar-refractivity contribution >= 4 is 17.9 Å². The largest absolute Gasteiger partial charge is 0.462 e. The molecule has 0 aliphatic rings. The zero-order valence-corrected chi connectivity index (χ0v) is 52.6. The lowest BCUT2D eigenvalue weighted by molar-refractivity contribution is -0.167. The maximum atomic E-state index is 12.9. The molecule has 80 heavy (non-hydrogen) atoms. The number of hydrogen-bond acceptors (Lipinski definition) is 6. The summed E-state index contributed by atoms with van der Waals surface area (Å²) in [5.41, 5.74) is 0. The van der Waals surface area contributed by atoms with Gasteiger partial charge in [-0.05, 0) is 103 Å². The van der Waals surface area contributed by atoms with E-state index in [4.69, 9.17) is 14.2 Å². The molecule has 0 aromatic carbocycles. The highest BCUT2D eigenvalue weighted by Crippen LogP contribution is 2.17. The van der Waals surface area contributed by atoms with Crippen molar-refractivity contribution in [2.45, 2.75) is 329 Å². The molecular weight excluding hydrogens is 985 g/mol. The third-order valence-corrected chi connectivity index (χ3v) is 14.5. The summed E-state index contributed by atoms with van der Waals surface area (Å²) in [6.45, 7) is 6.40. The van der Waals surface area contributed by atoms with Crippen LogP contribution in [0.5, 0.6) is 0 Å². The average Bonchev–Trinajstić information content (AvgIpc) is 3.46. The van der Waals surface area contributed by atoms with E-state index in [1.807, 2.05) is 0 Å². The van der Waals surface area contributed by atoms with Gasteiger partial charge < -0.3 is 14.2 Å². The Morgan fingerprint density at radius 3 is 0.787 bits per heavy atom. The number of carbonyl (C=O) groups is 3. The molecule has 0 aromatic rings. The van der Waals surface area contributed by atoms with Crippen molar-refractivity contribution in [3.63, 3.8) is 0 Å². The molecule has 0 bridgehead atoms. The van der Waals surface area contributed by atoms with Crippen molar-refractivity contribution in [1.29, 1.82) is 0 Å². The lowest BCUT2D eigenvalue weighted by Gasteiger charge is -2.18. The van der Waals surface area contributed by atoms with Gasteiger partial charge >= 0.3 is 17.9 Å². The Kier molecular flexibility index (Phi) is 64.3. The maximum absolute atomic E-state index is 12.9. The van der Waals surface area contributed by atoms with Crippen LogP contribution < -0.4 is 0 Å². The zero-order valence-electron chi connectivity index (χ0n) is 52.6. The van der Waals surface area contributed by atoms with Crippen LogP contribution in [0.15, 0.2) is 109 Å². The summed E-state index contributed by atoms with van der Waals surface area (Å²) in [5, 5.41) is 0. The Morgan fingerprint density at radius 2 is 0.487 bits per heavy atom. The molecule has 0 spiro atoms. The Balaban J connectivity index is 4.36. The summed E-state index contributed by atoms with van der Waals surface area (Å²) in [7, 11) is 0. The van der Waals surface area contributed by atoms with Crippen molar-refractivity contribution in [2.24, 2.45) is 0 Å². The molecule has 0 radical (unpaired) electrons. The lowest BCUT2D eigenvalue weighted by Crippen LogP contribution is -2.30. The van der Waals surface area contributed by atoms with E-state index < -0.39 is 6.10 Å². The van der Waals surface area contributed by atoms with Gasteiger partial charge in [-0.3, -0.25) is 14.4 Å². The minimum Gasteiger partial charge on any atom is -0.462 e. The minimum atomic E-state index is -0.808. The van der Waals surface area contributed by atoms with E-state index in [1.165, 1.54) is 148 Å². The van der Waals surface area contributed by atoms with Gasteiger partial charge in [-0.2, -0.15) is 0 Å². The van der Waals surface area contributed by atoms with E-state index in [-0.39, 0.29) is 31.1 Å². The number of carbonyl (C=O) groups excluding carboxylic acids is 3. The summed E-state index contributed by atoms with van der Waals surface area (Å²) < 4.78 is 16.9. The highest BCUT2D eigenvalue weighted by Gasteiger charge is 2.19. The van der Waals surface area contributed by atoms with Crippen LogP contribution >= 0.6 is 0 Å². The van der Waals surface area contributed by atoms with Crippen LogP contribution in [-0.4, -0.2) is 37.2 Å². The van der Waals surface area contributed by atoms with Crippen molar-refractivity contribution in [3.8, 4) is 0 Å². The van der Waals surface area contributed by atoms with Gasteiger partial charge in [-0.1, -0.05) is 310 Å². The van der Waals surface area contributed by atoms with Crippen molar-refractivity contribution in [3.05, 3.63) is 109 Å². The van der Waals surface area contributed by atoms with Crippen LogP contribution in [0.4, 0.5) is 0 Å². The molecule has 0 amide bonds. The molecule has 0 saturated carbocycles. The third-order valence-electron chi connectivity index (χ3n) is 14.5. The molecule has 0 rings (SSSR count). The smallest absolute Gasteiger partial charge is 0.306 e. The van der Waals surface area contributed by atoms with Gasteiger partial charge in [0.2, 0.25) is 0 Å². The zero-order chi connectivity index (χ0) is 57.8. The van der Waals surface area contributed by atoms with E-state index in [1.54, 1.807) is 0 Å². The van der Waals surface area contributed by atoms with Gasteiger partial charge in [-0.15, -0.1) is 0 Å². The molecule has 0 N–H and O–H groups in total. The highest BCUT2D eigenvalue weighted by molar-refractivity contribution is 5.71. The Hall–Kier alpha value is -3.93. The Morgan fingerprint density at radius 1 is 0.263 bits per heavy atom. The Bertz CT molecular complexity index is 1610. The highest BCUT2D eigenvalue weighted by atomic mass is 16.6. The van der Waals surface area contributed by atoms with Crippen molar-refractivity contribution < 1.29 is 28.6 Å². The van der Waals surface area contributed by atoms with Crippen molar-refractivity contribution in [1.82, 2.24) is 0 Å². The summed E-state index contributed by atoms with van der Waals surface area (Å²) in [6.07, 6.45) is 92.6. The molecule has 1 atom stereocenters. The van der Waals surface area contributed by atoms with Gasteiger partial charge in [0, 0.05) is 19.3 Å². The van der Waals surface area contributed by atoms with Gasteiger partial charge in [0.05, 0.1) is 0 Å². The van der Waals surface area contributed by atoms with Gasteiger partial charge in [0.1, 0.15) is 13.2 Å². The van der Waals surface area contributed by atoms with Crippen LogP contribution in [0.2, 0.25) is 0 Å². The van der Waals surface area contributed by atoms with Gasteiger partial charge in [0.15, 0.2) is 6.10 Å². The van der Waals surface area contributed by atoms with Gasteiger partial charge in [0.25, 0.3) is 0 Å². The first kappa shape index (κ1) is 76.1. The molecule has 0 aliphatic heterocycles. The molecular formula is C74H126O6. The monoisotopic (exact) mass is 1110 g/mol. The number of ether oxygens (including phenoxy) is 3. The topological polar surface area (TPSA) is 78.9 Å². The van der Waals surface area contributed by atoms with Gasteiger partial charge in [-0.25, -0.2) is 0 Å². The quantitative estimate of drug-likeness (QED) is 0.0261. The van der Waals surface area contributed by atoms with E-state index in [9.17, 15) is 14.4 Å². The number of allylic oxidation sites excluding steroid dienone is 18. The summed E-state index contributed by atoms with van der Waals surface area (Å²) in [6, 6.07) is 0. The van der Waals surface area contributed by atoms with Crippen molar-refractivity contribution in [2.75, 3.05) is 13.2 Å². The molecule has 0 heterocycles. The average molecular weight is 1110 g/mol. The predicted octanol–water partition coefficient (Wildman–Crippen LogP) is 23.4. The van der Waals surface area contributed by atoms with E-state index in [0.717, 1.165) is 135 Å². The van der Waals surface area contributed by atoms with Crippen LogP contribution in [-0.2, 0) is 28.6 Å². The minimum absolute atomic E-state index is 0.0983. The summed E-state index contributed by atoms with van der Waals surface area (Å²) >= 11 is 0. The predicted molar refractivity (Wildman–Crippen MR) is 348 cm³/mol.